The van der Waals surface area contributed by atoms with Crippen LogP contribution in [0.2, 0.25) is 0 Å². The second-order valence-corrected chi connectivity index (χ2v) is 1.93. The van der Waals surface area contributed by atoms with Gasteiger partial charge in [0.1, 0.15) is 0 Å². The van der Waals surface area contributed by atoms with E-state index in [2.05, 4.69) is 20.1 Å². The van der Waals surface area contributed by atoms with Crippen LogP contribution in [0.5, 0.6) is 0 Å². The van der Waals surface area contributed by atoms with Crippen molar-refractivity contribution in [2.45, 2.75) is 13.0 Å². The molecule has 0 aromatic heterocycles. The van der Waals surface area contributed by atoms with E-state index in [-0.39, 0.29) is 11.7 Å². The number of rotatable bonds is 3. The molecule has 0 aromatic carbocycles. The van der Waals surface area contributed by atoms with Gasteiger partial charge in [-0.05, 0) is 19.9 Å². The Labute approximate surface area is 73.4 Å². The van der Waals surface area contributed by atoms with Crippen molar-refractivity contribution in [2.24, 2.45) is 0 Å². The molecule has 1 radical (unpaired) electrons. The SMILES string of the molecule is C=C.[CH2]C(C=C(C)C(=O)O)OC. The van der Waals surface area contributed by atoms with E-state index in [1.54, 1.807) is 0 Å². The van der Waals surface area contributed by atoms with E-state index in [1.165, 1.54) is 20.1 Å². The molecule has 0 bridgehead atoms. The molecule has 0 amide bonds. The Morgan fingerprint density at radius 2 is 2.00 bits per heavy atom. The predicted molar refractivity (Wildman–Crippen MR) is 48.8 cm³/mol. The molecule has 1 unspecified atom stereocenters. The Balaban J connectivity index is 0. The van der Waals surface area contributed by atoms with Crippen molar-refractivity contribution in [3.63, 3.8) is 0 Å². The van der Waals surface area contributed by atoms with Gasteiger partial charge in [0.05, 0.1) is 6.10 Å². The van der Waals surface area contributed by atoms with E-state index in [9.17, 15) is 4.79 Å². The summed E-state index contributed by atoms with van der Waals surface area (Å²) in [6.45, 7) is 11.0. The zero-order chi connectivity index (χ0) is 10.1. The molecule has 0 rings (SSSR count). The molecule has 0 aromatic rings. The van der Waals surface area contributed by atoms with Gasteiger partial charge in [0.2, 0.25) is 0 Å². The summed E-state index contributed by atoms with van der Waals surface area (Å²) in [4.78, 5) is 10.2. The average molecular weight is 171 g/mol. The minimum atomic E-state index is -0.939. The topological polar surface area (TPSA) is 46.5 Å². The molecule has 0 saturated heterocycles. The van der Waals surface area contributed by atoms with Gasteiger partial charge in [-0.2, -0.15) is 0 Å². The van der Waals surface area contributed by atoms with E-state index >= 15 is 0 Å². The quantitative estimate of drug-likeness (QED) is 0.519. The lowest BCUT2D eigenvalue weighted by Gasteiger charge is -2.02. The standard InChI is InChI=1S/C7H11O3.C2H4/c1-5(7(8)9)4-6(2)10-3;1-2/h4,6H,2H2,1,3H3,(H,8,9);1-2H2. The van der Waals surface area contributed by atoms with Gasteiger partial charge >= 0.3 is 5.97 Å². The first-order valence-electron chi connectivity index (χ1n) is 3.35. The third kappa shape index (κ3) is 7.02. The zero-order valence-corrected chi connectivity index (χ0v) is 7.54. The molecule has 0 saturated carbocycles. The number of methoxy groups -OCH3 is 1. The normalized spacial score (nSPS) is 12.8. The van der Waals surface area contributed by atoms with Gasteiger partial charge in [0, 0.05) is 12.7 Å². The van der Waals surface area contributed by atoms with Crippen molar-refractivity contribution in [1.29, 1.82) is 0 Å². The van der Waals surface area contributed by atoms with Crippen LogP contribution in [0.3, 0.4) is 0 Å². The van der Waals surface area contributed by atoms with Gasteiger partial charge in [-0.3, -0.25) is 0 Å². The van der Waals surface area contributed by atoms with E-state index < -0.39 is 5.97 Å². The van der Waals surface area contributed by atoms with Gasteiger partial charge in [-0.15, -0.1) is 13.2 Å². The van der Waals surface area contributed by atoms with Crippen LogP contribution in [-0.2, 0) is 9.53 Å². The van der Waals surface area contributed by atoms with E-state index in [0.717, 1.165) is 0 Å². The maximum atomic E-state index is 10.2. The highest BCUT2D eigenvalue weighted by Crippen LogP contribution is 1.97. The van der Waals surface area contributed by atoms with Crippen molar-refractivity contribution in [1.82, 2.24) is 0 Å². The monoisotopic (exact) mass is 171 g/mol. The molecule has 0 aliphatic rings. The highest BCUT2D eigenvalue weighted by molar-refractivity contribution is 5.85. The molecule has 3 heteroatoms. The van der Waals surface area contributed by atoms with E-state index in [1.807, 2.05) is 0 Å². The lowest BCUT2D eigenvalue weighted by molar-refractivity contribution is -0.132. The fourth-order valence-corrected chi connectivity index (χ4v) is 0.418. The number of aliphatic carboxylic acids is 1. The number of ether oxygens (including phenoxy) is 1. The summed E-state index contributed by atoms with van der Waals surface area (Å²) in [7, 11) is 1.48. The molecule has 0 fully saturated rings. The maximum absolute atomic E-state index is 10.2. The van der Waals surface area contributed by atoms with Crippen LogP contribution in [0.4, 0.5) is 0 Å². The third-order valence-corrected chi connectivity index (χ3v) is 1.08. The van der Waals surface area contributed by atoms with Crippen LogP contribution >= 0.6 is 0 Å². The fourth-order valence-electron chi connectivity index (χ4n) is 0.418. The molecule has 0 aliphatic carbocycles. The molecule has 3 nitrogen and oxygen atoms in total. The molecule has 0 spiro atoms. The summed E-state index contributed by atoms with van der Waals surface area (Å²) >= 11 is 0. The Morgan fingerprint density at radius 3 is 2.25 bits per heavy atom. The van der Waals surface area contributed by atoms with Crippen molar-refractivity contribution < 1.29 is 14.6 Å². The third-order valence-electron chi connectivity index (χ3n) is 1.08. The second-order valence-electron chi connectivity index (χ2n) is 1.93. The second kappa shape index (κ2) is 8.01. The summed E-state index contributed by atoms with van der Waals surface area (Å²) < 4.78 is 4.72. The van der Waals surface area contributed by atoms with Gasteiger partial charge < -0.3 is 9.84 Å². The number of carboxylic acid groups (broad SMARTS) is 1. The summed E-state index contributed by atoms with van der Waals surface area (Å²) in [6, 6.07) is 0. The van der Waals surface area contributed by atoms with E-state index in [0.29, 0.717) is 0 Å². The minimum Gasteiger partial charge on any atom is -0.478 e. The Morgan fingerprint density at radius 1 is 1.58 bits per heavy atom. The van der Waals surface area contributed by atoms with Crippen LogP contribution in [0.25, 0.3) is 0 Å². The van der Waals surface area contributed by atoms with Crippen LogP contribution in [0.15, 0.2) is 24.8 Å². The zero-order valence-electron chi connectivity index (χ0n) is 7.54. The maximum Gasteiger partial charge on any atom is 0.331 e. The van der Waals surface area contributed by atoms with Crippen molar-refractivity contribution in [3.05, 3.63) is 31.7 Å². The molecule has 0 aliphatic heterocycles. The smallest absolute Gasteiger partial charge is 0.331 e. The molecule has 69 valence electrons. The largest absolute Gasteiger partial charge is 0.478 e. The first-order chi connectivity index (χ1) is 5.57. The summed E-state index contributed by atoms with van der Waals surface area (Å²) in [6.07, 6.45) is 1.07. The van der Waals surface area contributed by atoms with Gasteiger partial charge in [-0.25, -0.2) is 4.79 Å². The summed E-state index contributed by atoms with van der Waals surface area (Å²) in [5, 5.41) is 8.37. The molecule has 1 N–H and O–H groups in total. The summed E-state index contributed by atoms with van der Waals surface area (Å²) in [5.74, 6) is -0.939. The van der Waals surface area contributed by atoms with Gasteiger partial charge in [-0.1, -0.05) is 0 Å². The van der Waals surface area contributed by atoms with Gasteiger partial charge in [0.25, 0.3) is 0 Å². The van der Waals surface area contributed by atoms with Crippen LogP contribution < -0.4 is 0 Å². The Hall–Kier alpha value is -1.09. The number of carbonyl (C=O) groups is 1. The predicted octanol–water partition coefficient (Wildman–Crippen LogP) is 1.67. The molecule has 1 atom stereocenters. The average Bonchev–Trinajstić information content (AvgIpc) is 2.07. The summed E-state index contributed by atoms with van der Waals surface area (Å²) in [5.41, 5.74) is 0.252. The van der Waals surface area contributed by atoms with Crippen molar-refractivity contribution >= 4 is 5.97 Å². The number of hydrogen-bond acceptors (Lipinski definition) is 2. The molecular weight excluding hydrogens is 156 g/mol. The Kier molecular flexibility index (Phi) is 9.01. The highest BCUT2D eigenvalue weighted by Gasteiger charge is 2.01. The fraction of sp³-hybridized carbons (Fsp3) is 0.333. The van der Waals surface area contributed by atoms with Gasteiger partial charge in [0.15, 0.2) is 0 Å². The number of hydrogen-bond donors (Lipinski definition) is 1. The molecule has 12 heavy (non-hydrogen) atoms. The number of carboxylic acids is 1. The first-order valence-corrected chi connectivity index (χ1v) is 3.35. The van der Waals surface area contributed by atoms with Crippen LogP contribution in [0.1, 0.15) is 6.92 Å². The van der Waals surface area contributed by atoms with Crippen molar-refractivity contribution in [3.8, 4) is 0 Å². The lowest BCUT2D eigenvalue weighted by Crippen LogP contribution is -2.05. The van der Waals surface area contributed by atoms with E-state index in [4.69, 9.17) is 9.84 Å². The lowest BCUT2D eigenvalue weighted by atomic mass is 10.2. The Bertz CT molecular complexity index is 161. The van der Waals surface area contributed by atoms with Crippen molar-refractivity contribution in [2.75, 3.05) is 7.11 Å². The minimum absolute atomic E-state index is 0.252. The van der Waals surface area contributed by atoms with Crippen LogP contribution in [-0.4, -0.2) is 24.3 Å². The first kappa shape index (κ1) is 13.5. The molecular formula is C9H15O3. The van der Waals surface area contributed by atoms with Crippen LogP contribution in [0, 0.1) is 6.92 Å². The molecule has 0 heterocycles. The highest BCUT2D eigenvalue weighted by atomic mass is 16.5.